The Morgan fingerprint density at radius 3 is 2.27 bits per heavy atom. The monoisotopic (exact) mass is 358 g/mol. The van der Waals surface area contributed by atoms with Gasteiger partial charge in [0.05, 0.1) is 21.3 Å². The molecule has 0 saturated carbocycles. The lowest BCUT2D eigenvalue weighted by atomic mass is 10.0. The molecule has 1 aliphatic heterocycles. The minimum Gasteiger partial charge on any atom is -0.507 e. The highest BCUT2D eigenvalue weighted by Gasteiger charge is 2.20. The average Bonchev–Trinajstić information content (AvgIpc) is 3.14. The average molecular weight is 358 g/mol. The van der Waals surface area contributed by atoms with E-state index in [9.17, 15) is 9.90 Å². The van der Waals surface area contributed by atoms with E-state index in [1.807, 2.05) is 0 Å². The molecule has 0 atom stereocenters. The molecule has 0 bridgehead atoms. The maximum atomic E-state index is 12.7. The Morgan fingerprint density at radius 1 is 1.00 bits per heavy atom. The standard InChI is InChI=1S/C19H18O7/c1-22-12-7-17(23-2)19(18(8-12)24-3)14(21)9-13(20)11-4-5-15-16(6-11)26-10-25-15/h4-9,20H,10H2,1-3H3/b13-9-. The number of ether oxygens (including phenoxy) is 5. The summed E-state index contributed by atoms with van der Waals surface area (Å²) in [4.78, 5) is 12.7. The van der Waals surface area contributed by atoms with Crippen molar-refractivity contribution in [3.63, 3.8) is 0 Å². The van der Waals surface area contributed by atoms with Crippen molar-refractivity contribution in [1.82, 2.24) is 0 Å². The fourth-order valence-electron chi connectivity index (χ4n) is 2.58. The van der Waals surface area contributed by atoms with Gasteiger partial charge in [0.2, 0.25) is 6.79 Å². The van der Waals surface area contributed by atoms with Crippen LogP contribution in [0.15, 0.2) is 36.4 Å². The minimum atomic E-state index is -0.475. The predicted molar refractivity (Wildman–Crippen MR) is 93.6 cm³/mol. The zero-order valence-corrected chi connectivity index (χ0v) is 14.6. The van der Waals surface area contributed by atoms with Crippen LogP contribution in [0.5, 0.6) is 28.7 Å². The van der Waals surface area contributed by atoms with E-state index in [-0.39, 0.29) is 29.6 Å². The molecule has 26 heavy (non-hydrogen) atoms. The first-order chi connectivity index (χ1) is 12.6. The normalized spacial score (nSPS) is 12.7. The predicted octanol–water partition coefficient (Wildman–Crippen LogP) is 3.22. The summed E-state index contributed by atoms with van der Waals surface area (Å²) in [6.45, 7) is 0.127. The minimum absolute atomic E-state index is 0.127. The first-order valence-electron chi connectivity index (χ1n) is 7.72. The number of aliphatic hydroxyl groups excluding tert-OH is 1. The highest BCUT2D eigenvalue weighted by atomic mass is 16.7. The van der Waals surface area contributed by atoms with Gasteiger partial charge in [-0.3, -0.25) is 4.79 Å². The molecule has 0 radical (unpaired) electrons. The molecule has 1 heterocycles. The van der Waals surface area contributed by atoms with Gasteiger partial charge in [-0.25, -0.2) is 0 Å². The molecule has 0 aromatic heterocycles. The molecule has 3 rings (SSSR count). The molecule has 0 unspecified atom stereocenters. The van der Waals surface area contributed by atoms with Crippen molar-refractivity contribution in [3.05, 3.63) is 47.5 Å². The Kier molecular flexibility index (Phi) is 4.88. The number of ketones is 1. The molecular formula is C19H18O7. The van der Waals surface area contributed by atoms with Crippen molar-refractivity contribution in [3.8, 4) is 28.7 Å². The van der Waals surface area contributed by atoms with Crippen molar-refractivity contribution in [2.45, 2.75) is 0 Å². The maximum absolute atomic E-state index is 12.7. The molecule has 1 N–H and O–H groups in total. The van der Waals surface area contributed by atoms with Gasteiger partial charge in [-0.2, -0.15) is 0 Å². The zero-order valence-electron chi connectivity index (χ0n) is 14.6. The molecule has 1 aliphatic rings. The summed E-state index contributed by atoms with van der Waals surface area (Å²) in [5.41, 5.74) is 0.608. The summed E-state index contributed by atoms with van der Waals surface area (Å²) < 4.78 is 26.2. The number of allylic oxidation sites excluding steroid dienone is 1. The third-order valence-corrected chi connectivity index (χ3v) is 3.90. The van der Waals surface area contributed by atoms with Crippen molar-refractivity contribution in [1.29, 1.82) is 0 Å². The third kappa shape index (κ3) is 3.23. The second kappa shape index (κ2) is 7.26. The maximum Gasteiger partial charge on any atom is 0.231 e. The molecule has 2 aromatic rings. The zero-order chi connectivity index (χ0) is 18.7. The number of carbonyl (C=O) groups excluding carboxylic acids is 1. The van der Waals surface area contributed by atoms with Gasteiger partial charge in [-0.1, -0.05) is 0 Å². The molecule has 0 spiro atoms. The first kappa shape index (κ1) is 17.5. The molecule has 0 aliphatic carbocycles. The lowest BCUT2D eigenvalue weighted by molar-refractivity contribution is 0.104. The van der Waals surface area contributed by atoms with E-state index in [1.54, 1.807) is 30.3 Å². The summed E-state index contributed by atoms with van der Waals surface area (Å²) in [6, 6.07) is 8.04. The Bertz CT molecular complexity index is 845. The van der Waals surface area contributed by atoms with Crippen LogP contribution in [0.3, 0.4) is 0 Å². The van der Waals surface area contributed by atoms with Gasteiger partial charge in [0.1, 0.15) is 28.6 Å². The Labute approximate surface area is 150 Å². The topological polar surface area (TPSA) is 83.5 Å². The van der Waals surface area contributed by atoms with Gasteiger partial charge >= 0.3 is 0 Å². The highest BCUT2D eigenvalue weighted by molar-refractivity contribution is 6.11. The van der Waals surface area contributed by atoms with Crippen molar-refractivity contribution < 1.29 is 33.6 Å². The van der Waals surface area contributed by atoms with Gasteiger partial charge in [-0.15, -0.1) is 0 Å². The highest BCUT2D eigenvalue weighted by Crippen LogP contribution is 2.36. The quantitative estimate of drug-likeness (QED) is 0.482. The summed E-state index contributed by atoms with van der Waals surface area (Å²) in [7, 11) is 4.37. The van der Waals surface area contributed by atoms with Crippen LogP contribution in [0.1, 0.15) is 15.9 Å². The van der Waals surface area contributed by atoms with Gasteiger partial charge in [0.25, 0.3) is 0 Å². The fraction of sp³-hybridized carbons (Fsp3) is 0.211. The van der Waals surface area contributed by atoms with Crippen molar-refractivity contribution in [2.75, 3.05) is 28.1 Å². The molecule has 0 fully saturated rings. The van der Waals surface area contributed by atoms with E-state index in [0.29, 0.717) is 22.8 Å². The third-order valence-electron chi connectivity index (χ3n) is 3.90. The van der Waals surface area contributed by atoms with Crippen LogP contribution in [0.25, 0.3) is 5.76 Å². The number of hydrogen-bond acceptors (Lipinski definition) is 7. The summed E-state index contributed by atoms with van der Waals surface area (Å²) in [6.07, 6.45) is 1.10. The molecule has 2 aromatic carbocycles. The smallest absolute Gasteiger partial charge is 0.231 e. The van der Waals surface area contributed by atoms with Crippen LogP contribution >= 0.6 is 0 Å². The summed E-state index contributed by atoms with van der Waals surface area (Å²) >= 11 is 0. The largest absolute Gasteiger partial charge is 0.507 e. The molecule has 7 nitrogen and oxygen atoms in total. The van der Waals surface area contributed by atoms with Crippen LogP contribution in [0.4, 0.5) is 0 Å². The second-order valence-electron chi connectivity index (χ2n) is 5.37. The number of hydrogen-bond donors (Lipinski definition) is 1. The van der Waals surface area contributed by atoms with Gasteiger partial charge in [0.15, 0.2) is 17.3 Å². The lowest BCUT2D eigenvalue weighted by Crippen LogP contribution is -2.04. The Morgan fingerprint density at radius 2 is 1.65 bits per heavy atom. The van der Waals surface area contributed by atoms with Crippen molar-refractivity contribution in [2.24, 2.45) is 0 Å². The number of benzene rings is 2. The molecular weight excluding hydrogens is 340 g/mol. The van der Waals surface area contributed by atoms with Crippen LogP contribution < -0.4 is 23.7 Å². The second-order valence-corrected chi connectivity index (χ2v) is 5.37. The summed E-state index contributed by atoms with van der Waals surface area (Å²) in [5, 5.41) is 10.3. The fourth-order valence-corrected chi connectivity index (χ4v) is 2.58. The van der Waals surface area contributed by atoms with Crippen LogP contribution in [-0.4, -0.2) is 39.0 Å². The van der Waals surface area contributed by atoms with E-state index in [4.69, 9.17) is 23.7 Å². The van der Waals surface area contributed by atoms with E-state index in [0.717, 1.165) is 6.08 Å². The Hall–Kier alpha value is -3.35. The molecule has 0 amide bonds. The van der Waals surface area contributed by atoms with Crippen LogP contribution in [0, 0.1) is 0 Å². The molecule has 7 heteroatoms. The number of aliphatic hydroxyl groups is 1. The van der Waals surface area contributed by atoms with E-state index >= 15 is 0 Å². The SMILES string of the molecule is COc1cc(OC)c(C(=O)/C=C(\O)c2ccc3c(c2)OCO3)c(OC)c1. The van der Waals surface area contributed by atoms with Crippen LogP contribution in [-0.2, 0) is 0 Å². The summed E-state index contributed by atoms with van der Waals surface area (Å²) in [5.74, 6) is 1.45. The van der Waals surface area contributed by atoms with Crippen molar-refractivity contribution >= 4 is 11.5 Å². The number of rotatable bonds is 6. The number of fused-ring (bicyclic) bond motifs is 1. The number of methoxy groups -OCH3 is 3. The van der Waals surface area contributed by atoms with Gasteiger partial charge in [0, 0.05) is 23.8 Å². The van der Waals surface area contributed by atoms with E-state index in [2.05, 4.69) is 0 Å². The van der Waals surface area contributed by atoms with Gasteiger partial charge in [-0.05, 0) is 18.2 Å². The van der Waals surface area contributed by atoms with Crippen LogP contribution in [0.2, 0.25) is 0 Å². The molecule has 136 valence electrons. The number of carbonyl (C=O) groups is 1. The first-order valence-corrected chi connectivity index (χ1v) is 7.72. The van der Waals surface area contributed by atoms with Gasteiger partial charge < -0.3 is 28.8 Å². The lowest BCUT2D eigenvalue weighted by Gasteiger charge is -2.13. The molecule has 0 saturated heterocycles. The van der Waals surface area contributed by atoms with E-state index < -0.39 is 5.78 Å². The van der Waals surface area contributed by atoms with E-state index in [1.165, 1.54) is 21.3 Å². The Balaban J connectivity index is 1.97.